The minimum absolute atomic E-state index is 0.0126. The summed E-state index contributed by atoms with van der Waals surface area (Å²) in [5, 5.41) is 18.4. The topological polar surface area (TPSA) is 121 Å². The minimum Gasteiger partial charge on any atom is -0.466 e. The summed E-state index contributed by atoms with van der Waals surface area (Å²) in [6.45, 7) is 1.25. The van der Waals surface area contributed by atoms with Crippen molar-refractivity contribution in [3.63, 3.8) is 0 Å². The molecular weight excluding hydrogens is 350 g/mol. The monoisotopic (exact) mass is 371 g/mol. The maximum atomic E-state index is 12.1. The molecule has 4 N–H and O–H groups in total. The normalized spacial score (nSPS) is 15.5. The highest BCUT2D eigenvalue weighted by Crippen LogP contribution is 2.45. The lowest BCUT2D eigenvalue weighted by molar-refractivity contribution is -0.137. The average molecular weight is 371 g/mol. The van der Waals surface area contributed by atoms with E-state index in [0.29, 0.717) is 17.1 Å². The number of anilines is 2. The molecule has 0 bridgehead atoms. The Morgan fingerprint density at radius 2 is 1.81 bits per heavy atom. The van der Waals surface area contributed by atoms with Crippen molar-refractivity contribution in [2.24, 2.45) is 5.92 Å². The van der Waals surface area contributed by atoms with Gasteiger partial charge in [-0.25, -0.2) is 0 Å². The fraction of sp³-hybridized carbons (Fsp3) is 0.316. The number of furan rings is 1. The van der Waals surface area contributed by atoms with Crippen LogP contribution in [0.25, 0.3) is 0 Å². The number of benzene rings is 1. The minimum atomic E-state index is -1.33. The van der Waals surface area contributed by atoms with Crippen LogP contribution in [0, 0.1) is 5.92 Å². The highest BCUT2D eigenvalue weighted by molar-refractivity contribution is 6.39. The first-order valence-electron chi connectivity index (χ1n) is 8.61. The molecule has 8 heteroatoms. The van der Waals surface area contributed by atoms with Crippen molar-refractivity contribution >= 4 is 29.1 Å². The molecule has 1 heterocycles. The van der Waals surface area contributed by atoms with E-state index in [0.717, 1.165) is 12.8 Å². The molecule has 1 unspecified atom stereocenters. The molecule has 0 spiro atoms. The Hall–Kier alpha value is -3.13. The molecule has 1 aromatic carbocycles. The Bertz CT molecular complexity index is 845. The van der Waals surface area contributed by atoms with Gasteiger partial charge in [0.25, 0.3) is 0 Å². The van der Waals surface area contributed by atoms with E-state index in [1.54, 1.807) is 30.3 Å². The molecule has 142 valence electrons. The van der Waals surface area contributed by atoms with Crippen LogP contribution < -0.4 is 16.0 Å². The lowest BCUT2D eigenvalue weighted by atomic mass is 9.94. The second-order valence-corrected chi connectivity index (χ2v) is 6.57. The van der Waals surface area contributed by atoms with Gasteiger partial charge in [-0.15, -0.1) is 0 Å². The van der Waals surface area contributed by atoms with E-state index < -0.39 is 17.4 Å². The van der Waals surface area contributed by atoms with E-state index in [1.165, 1.54) is 19.3 Å². The van der Waals surface area contributed by atoms with E-state index in [9.17, 15) is 19.5 Å². The van der Waals surface area contributed by atoms with E-state index in [2.05, 4.69) is 16.0 Å². The van der Waals surface area contributed by atoms with Gasteiger partial charge in [-0.2, -0.15) is 0 Å². The zero-order valence-electron chi connectivity index (χ0n) is 14.8. The summed E-state index contributed by atoms with van der Waals surface area (Å²) < 4.78 is 5.30. The molecule has 0 radical (unpaired) electrons. The number of hydrogen-bond donors (Lipinski definition) is 4. The van der Waals surface area contributed by atoms with E-state index in [-0.39, 0.29) is 18.4 Å². The summed E-state index contributed by atoms with van der Waals surface area (Å²) in [6.07, 6.45) is 3.11. The molecule has 0 aliphatic heterocycles. The van der Waals surface area contributed by atoms with E-state index in [1.807, 2.05) is 0 Å². The molecule has 3 rings (SSSR count). The van der Waals surface area contributed by atoms with Crippen LogP contribution in [0.1, 0.15) is 25.5 Å². The predicted octanol–water partition coefficient (Wildman–Crippen LogP) is 1.59. The van der Waals surface area contributed by atoms with Gasteiger partial charge in [-0.1, -0.05) is 6.07 Å². The Morgan fingerprint density at radius 3 is 2.41 bits per heavy atom. The van der Waals surface area contributed by atoms with E-state index in [4.69, 9.17) is 4.42 Å². The van der Waals surface area contributed by atoms with Crippen LogP contribution in [-0.4, -0.2) is 29.4 Å². The van der Waals surface area contributed by atoms with Crippen LogP contribution >= 0.6 is 0 Å². The molecule has 1 aliphatic carbocycles. The summed E-state index contributed by atoms with van der Waals surface area (Å²) in [4.78, 5) is 35.4. The van der Waals surface area contributed by atoms with Crippen LogP contribution in [0.2, 0.25) is 0 Å². The molecule has 0 saturated heterocycles. The second kappa shape index (κ2) is 7.63. The molecule has 1 aliphatic rings. The first kappa shape index (κ1) is 18.7. The average Bonchev–Trinajstić information content (AvgIpc) is 3.34. The predicted molar refractivity (Wildman–Crippen MR) is 97.7 cm³/mol. The standard InChI is InChI=1S/C19H21N3O5/c1-12(23)21-14-4-2-5-15(10-14)22-18(25)17(24)20-11-19(26,13-7-8-13)16-6-3-9-27-16/h2-6,9-10,13,26H,7-8,11H2,1H3,(H,20,24)(H,21,23)(H,22,25). The molecular formula is C19H21N3O5. The van der Waals surface area contributed by atoms with Crippen LogP contribution in [0.5, 0.6) is 0 Å². The molecule has 27 heavy (non-hydrogen) atoms. The van der Waals surface area contributed by atoms with Crippen LogP contribution in [0.4, 0.5) is 11.4 Å². The van der Waals surface area contributed by atoms with Gasteiger partial charge in [-0.3, -0.25) is 14.4 Å². The van der Waals surface area contributed by atoms with Crippen molar-refractivity contribution in [1.82, 2.24) is 5.32 Å². The molecule has 3 amide bonds. The zero-order valence-corrected chi connectivity index (χ0v) is 14.8. The first-order chi connectivity index (χ1) is 12.9. The SMILES string of the molecule is CC(=O)Nc1cccc(NC(=O)C(=O)NCC(O)(c2ccco2)C2CC2)c1. The highest BCUT2D eigenvalue weighted by Gasteiger charge is 2.47. The fourth-order valence-corrected chi connectivity index (χ4v) is 2.88. The quantitative estimate of drug-likeness (QED) is 0.575. The van der Waals surface area contributed by atoms with Gasteiger partial charge in [0.15, 0.2) is 0 Å². The molecule has 1 fully saturated rings. The van der Waals surface area contributed by atoms with Crippen LogP contribution in [-0.2, 0) is 20.0 Å². The maximum Gasteiger partial charge on any atom is 0.313 e. The third kappa shape index (κ3) is 4.53. The number of amides is 3. The van der Waals surface area contributed by atoms with Gasteiger partial charge >= 0.3 is 11.8 Å². The molecule has 1 aromatic heterocycles. The Balaban J connectivity index is 1.59. The summed E-state index contributed by atoms with van der Waals surface area (Å²) in [5.74, 6) is -1.62. The van der Waals surface area contributed by atoms with Gasteiger partial charge in [0.1, 0.15) is 11.4 Å². The zero-order chi connectivity index (χ0) is 19.4. The number of hydrogen-bond acceptors (Lipinski definition) is 5. The van der Waals surface area contributed by atoms with Crippen molar-refractivity contribution in [3.8, 4) is 0 Å². The molecule has 1 atom stereocenters. The van der Waals surface area contributed by atoms with Gasteiger partial charge in [0, 0.05) is 18.3 Å². The maximum absolute atomic E-state index is 12.1. The largest absolute Gasteiger partial charge is 0.466 e. The van der Waals surface area contributed by atoms with E-state index >= 15 is 0 Å². The Morgan fingerprint density at radius 1 is 1.11 bits per heavy atom. The third-order valence-electron chi connectivity index (χ3n) is 4.37. The lowest BCUT2D eigenvalue weighted by Gasteiger charge is -2.26. The Kier molecular flexibility index (Phi) is 5.27. The number of carbonyl (C=O) groups excluding carboxylic acids is 3. The summed E-state index contributed by atoms with van der Waals surface area (Å²) in [5.41, 5.74) is -0.461. The van der Waals surface area contributed by atoms with Gasteiger partial charge in [0.05, 0.1) is 12.8 Å². The summed E-state index contributed by atoms with van der Waals surface area (Å²) >= 11 is 0. The highest BCUT2D eigenvalue weighted by atomic mass is 16.4. The lowest BCUT2D eigenvalue weighted by Crippen LogP contribution is -2.45. The number of aliphatic hydroxyl groups is 1. The second-order valence-electron chi connectivity index (χ2n) is 6.57. The van der Waals surface area contributed by atoms with Crippen molar-refractivity contribution in [1.29, 1.82) is 0 Å². The molecule has 8 nitrogen and oxygen atoms in total. The van der Waals surface area contributed by atoms with Gasteiger partial charge in [0.2, 0.25) is 5.91 Å². The van der Waals surface area contributed by atoms with Crippen molar-refractivity contribution < 1.29 is 23.9 Å². The number of nitrogens with one attached hydrogen (secondary N) is 3. The fourth-order valence-electron chi connectivity index (χ4n) is 2.88. The van der Waals surface area contributed by atoms with Crippen LogP contribution in [0.15, 0.2) is 47.1 Å². The van der Waals surface area contributed by atoms with Gasteiger partial charge < -0.3 is 25.5 Å². The summed E-state index contributed by atoms with van der Waals surface area (Å²) in [7, 11) is 0. The molecule has 2 aromatic rings. The number of rotatable bonds is 6. The van der Waals surface area contributed by atoms with Gasteiger partial charge in [-0.05, 0) is 49.1 Å². The molecule has 1 saturated carbocycles. The number of carbonyl (C=O) groups is 3. The summed E-state index contributed by atoms with van der Waals surface area (Å²) in [6, 6.07) is 9.75. The van der Waals surface area contributed by atoms with Crippen molar-refractivity contribution in [2.45, 2.75) is 25.4 Å². The first-order valence-corrected chi connectivity index (χ1v) is 8.61. The van der Waals surface area contributed by atoms with Crippen molar-refractivity contribution in [2.75, 3.05) is 17.2 Å². The smallest absolute Gasteiger partial charge is 0.313 e. The Labute approximate surface area is 155 Å². The van der Waals surface area contributed by atoms with Crippen molar-refractivity contribution in [3.05, 3.63) is 48.4 Å². The van der Waals surface area contributed by atoms with Crippen LogP contribution in [0.3, 0.4) is 0 Å². The third-order valence-corrected chi connectivity index (χ3v) is 4.37.